The topological polar surface area (TPSA) is 62.1 Å². The Balaban J connectivity index is 2.35. The normalized spacial score (nSPS) is 23.5. The van der Waals surface area contributed by atoms with Crippen LogP contribution >= 0.6 is 0 Å². The summed E-state index contributed by atoms with van der Waals surface area (Å²) in [5, 5.41) is 11.2. The molecule has 0 bridgehead atoms. The van der Waals surface area contributed by atoms with Crippen molar-refractivity contribution in [1.29, 1.82) is 5.26 Å². The number of carbonyl (C=O) groups is 1. The Morgan fingerprint density at radius 1 is 1.85 bits per heavy atom. The molecule has 1 aliphatic heterocycles. The molecule has 0 radical (unpaired) electrons. The summed E-state index contributed by atoms with van der Waals surface area (Å²) in [6.07, 6.45) is 2.01. The maximum atomic E-state index is 11.4. The lowest BCUT2D eigenvalue weighted by Gasteiger charge is -2.12. The molecule has 1 aliphatic rings. The molecular weight excluding hydrogens is 168 g/mol. The van der Waals surface area contributed by atoms with Crippen LogP contribution in [0.2, 0.25) is 0 Å². The highest BCUT2D eigenvalue weighted by Gasteiger charge is 2.24. The van der Waals surface area contributed by atoms with E-state index < -0.39 is 0 Å². The number of rotatable bonds is 3. The summed E-state index contributed by atoms with van der Waals surface area (Å²) in [7, 11) is 0. The third-order valence-corrected chi connectivity index (χ3v) is 2.10. The molecular formula is C9H14N2O2. The van der Waals surface area contributed by atoms with Crippen LogP contribution in [0.25, 0.3) is 0 Å². The van der Waals surface area contributed by atoms with Crippen LogP contribution in [0.3, 0.4) is 0 Å². The first-order valence-electron chi connectivity index (χ1n) is 4.59. The molecule has 0 aromatic rings. The first kappa shape index (κ1) is 10.0. The molecule has 0 saturated carbocycles. The van der Waals surface area contributed by atoms with Crippen LogP contribution in [-0.4, -0.2) is 24.7 Å². The summed E-state index contributed by atoms with van der Waals surface area (Å²) in [6.45, 7) is 2.52. The predicted molar refractivity (Wildman–Crippen MR) is 46.8 cm³/mol. The maximum Gasteiger partial charge on any atom is 0.250 e. The molecule has 0 spiro atoms. The Morgan fingerprint density at radius 3 is 3.08 bits per heavy atom. The SMILES string of the molecule is CC[C@@H](C#N)NC(=O)[C@H]1CCCO1. The molecule has 0 aromatic heterocycles. The number of amides is 1. The molecule has 1 saturated heterocycles. The number of hydrogen-bond acceptors (Lipinski definition) is 3. The van der Waals surface area contributed by atoms with Gasteiger partial charge in [-0.3, -0.25) is 4.79 Å². The second kappa shape index (κ2) is 4.83. The molecule has 0 unspecified atom stereocenters. The zero-order valence-electron chi connectivity index (χ0n) is 7.75. The first-order valence-corrected chi connectivity index (χ1v) is 4.59. The second-order valence-corrected chi connectivity index (χ2v) is 3.10. The number of hydrogen-bond donors (Lipinski definition) is 1. The number of carbonyl (C=O) groups excluding carboxylic acids is 1. The van der Waals surface area contributed by atoms with Crippen molar-refractivity contribution in [3.63, 3.8) is 0 Å². The molecule has 4 heteroatoms. The fourth-order valence-electron chi connectivity index (χ4n) is 1.27. The van der Waals surface area contributed by atoms with Gasteiger partial charge in [-0.15, -0.1) is 0 Å². The summed E-state index contributed by atoms with van der Waals surface area (Å²) >= 11 is 0. The lowest BCUT2D eigenvalue weighted by atomic mass is 10.2. The summed E-state index contributed by atoms with van der Waals surface area (Å²) in [5.74, 6) is -0.147. The molecule has 72 valence electrons. The Kier molecular flexibility index (Phi) is 3.71. The molecule has 1 N–H and O–H groups in total. The molecule has 4 nitrogen and oxygen atoms in total. The van der Waals surface area contributed by atoms with Crippen LogP contribution in [-0.2, 0) is 9.53 Å². The summed E-state index contributed by atoms with van der Waals surface area (Å²) < 4.78 is 5.18. The van der Waals surface area contributed by atoms with Crippen LogP contribution in [0.1, 0.15) is 26.2 Å². The fraction of sp³-hybridized carbons (Fsp3) is 0.778. The number of nitrogens with zero attached hydrogens (tertiary/aromatic N) is 1. The maximum absolute atomic E-state index is 11.4. The molecule has 0 aliphatic carbocycles. The lowest BCUT2D eigenvalue weighted by Crippen LogP contribution is -2.40. The molecule has 0 aromatic carbocycles. The van der Waals surface area contributed by atoms with Crippen LogP contribution in [0.5, 0.6) is 0 Å². The third kappa shape index (κ3) is 2.71. The van der Waals surface area contributed by atoms with Gasteiger partial charge in [0.05, 0.1) is 6.07 Å². The molecule has 1 heterocycles. The predicted octanol–water partition coefficient (Wildman–Crippen LogP) is 0.584. The van der Waals surface area contributed by atoms with Crippen molar-refractivity contribution in [2.24, 2.45) is 0 Å². The van der Waals surface area contributed by atoms with E-state index in [9.17, 15) is 4.79 Å². The van der Waals surface area contributed by atoms with E-state index in [1.807, 2.05) is 13.0 Å². The van der Waals surface area contributed by atoms with Gasteiger partial charge in [0.15, 0.2) is 0 Å². The number of nitriles is 1. The zero-order chi connectivity index (χ0) is 9.68. The van der Waals surface area contributed by atoms with E-state index in [1.165, 1.54) is 0 Å². The largest absolute Gasteiger partial charge is 0.368 e. The van der Waals surface area contributed by atoms with Crippen LogP contribution in [0.4, 0.5) is 0 Å². The van der Waals surface area contributed by atoms with Gasteiger partial charge in [-0.2, -0.15) is 5.26 Å². The van der Waals surface area contributed by atoms with E-state index in [1.54, 1.807) is 0 Å². The highest BCUT2D eigenvalue weighted by Crippen LogP contribution is 2.11. The van der Waals surface area contributed by atoms with Gasteiger partial charge in [0, 0.05) is 6.61 Å². The van der Waals surface area contributed by atoms with Crippen LogP contribution in [0, 0.1) is 11.3 Å². The summed E-state index contributed by atoms with van der Waals surface area (Å²) in [6, 6.07) is 1.64. The molecule has 1 rings (SSSR count). The van der Waals surface area contributed by atoms with E-state index in [2.05, 4.69) is 5.32 Å². The Bertz CT molecular complexity index is 216. The standard InChI is InChI=1S/C9H14N2O2/c1-2-7(6-10)11-9(12)8-4-3-5-13-8/h7-8H,2-5H2,1H3,(H,11,12)/t7-,8+/m0/s1. The zero-order valence-corrected chi connectivity index (χ0v) is 7.75. The van der Waals surface area contributed by atoms with Crippen molar-refractivity contribution in [1.82, 2.24) is 5.32 Å². The van der Waals surface area contributed by atoms with Crippen molar-refractivity contribution in [3.05, 3.63) is 0 Å². The smallest absolute Gasteiger partial charge is 0.250 e. The van der Waals surface area contributed by atoms with Gasteiger partial charge in [0.25, 0.3) is 0 Å². The van der Waals surface area contributed by atoms with E-state index >= 15 is 0 Å². The lowest BCUT2D eigenvalue weighted by molar-refractivity contribution is -0.130. The van der Waals surface area contributed by atoms with Gasteiger partial charge in [-0.1, -0.05) is 6.92 Å². The van der Waals surface area contributed by atoms with Gasteiger partial charge in [-0.05, 0) is 19.3 Å². The van der Waals surface area contributed by atoms with Gasteiger partial charge in [0.2, 0.25) is 5.91 Å². The van der Waals surface area contributed by atoms with Gasteiger partial charge < -0.3 is 10.1 Å². The summed E-state index contributed by atoms with van der Waals surface area (Å²) in [4.78, 5) is 11.4. The molecule has 1 amide bonds. The van der Waals surface area contributed by atoms with Gasteiger partial charge >= 0.3 is 0 Å². The van der Waals surface area contributed by atoms with E-state index in [0.717, 1.165) is 12.8 Å². The van der Waals surface area contributed by atoms with Crippen molar-refractivity contribution in [2.45, 2.75) is 38.3 Å². The number of ether oxygens (including phenoxy) is 1. The highest BCUT2D eigenvalue weighted by molar-refractivity contribution is 5.81. The highest BCUT2D eigenvalue weighted by atomic mass is 16.5. The minimum atomic E-state index is -0.378. The monoisotopic (exact) mass is 182 g/mol. The minimum absolute atomic E-state index is 0.147. The average Bonchev–Trinajstić information content (AvgIpc) is 2.66. The van der Waals surface area contributed by atoms with E-state index in [4.69, 9.17) is 10.00 Å². The molecule has 2 atom stereocenters. The Labute approximate surface area is 77.9 Å². The van der Waals surface area contributed by atoms with Crippen LogP contribution in [0.15, 0.2) is 0 Å². The first-order chi connectivity index (χ1) is 6.27. The van der Waals surface area contributed by atoms with E-state index in [0.29, 0.717) is 13.0 Å². The van der Waals surface area contributed by atoms with Gasteiger partial charge in [0.1, 0.15) is 12.1 Å². The van der Waals surface area contributed by atoms with Crippen molar-refractivity contribution in [2.75, 3.05) is 6.61 Å². The molecule has 13 heavy (non-hydrogen) atoms. The van der Waals surface area contributed by atoms with Gasteiger partial charge in [-0.25, -0.2) is 0 Å². The van der Waals surface area contributed by atoms with Crippen molar-refractivity contribution < 1.29 is 9.53 Å². The number of nitrogens with one attached hydrogen (secondary N) is 1. The Morgan fingerprint density at radius 2 is 2.62 bits per heavy atom. The molecule has 1 fully saturated rings. The average molecular weight is 182 g/mol. The summed E-state index contributed by atoms with van der Waals surface area (Å²) in [5.41, 5.74) is 0. The quantitative estimate of drug-likeness (QED) is 0.694. The Hall–Kier alpha value is -1.08. The fourth-order valence-corrected chi connectivity index (χ4v) is 1.27. The van der Waals surface area contributed by atoms with Crippen molar-refractivity contribution in [3.8, 4) is 6.07 Å². The second-order valence-electron chi connectivity index (χ2n) is 3.10. The van der Waals surface area contributed by atoms with Crippen molar-refractivity contribution >= 4 is 5.91 Å². The van der Waals surface area contributed by atoms with E-state index in [-0.39, 0.29) is 18.1 Å². The minimum Gasteiger partial charge on any atom is -0.368 e. The van der Waals surface area contributed by atoms with Crippen LogP contribution < -0.4 is 5.32 Å². The third-order valence-electron chi connectivity index (χ3n) is 2.10.